The van der Waals surface area contributed by atoms with Gasteiger partial charge in [-0.3, -0.25) is 0 Å². The van der Waals surface area contributed by atoms with Crippen LogP contribution < -0.4 is 9.79 Å². The number of halogens is 1. The van der Waals surface area contributed by atoms with Crippen molar-refractivity contribution in [1.82, 2.24) is 0 Å². The molecule has 0 amide bonds. The van der Waals surface area contributed by atoms with E-state index in [2.05, 4.69) is 0 Å². The van der Waals surface area contributed by atoms with E-state index in [0.29, 0.717) is 0 Å². The molecule has 0 saturated carbocycles. The van der Waals surface area contributed by atoms with E-state index in [1.165, 1.54) is 0 Å². The van der Waals surface area contributed by atoms with Crippen molar-refractivity contribution in [2.45, 2.75) is 0 Å². The Balaban J connectivity index is 0. The van der Waals surface area contributed by atoms with Crippen molar-refractivity contribution in [3.63, 3.8) is 0 Å². The zero-order valence-electron chi connectivity index (χ0n) is 2.76. The molecule has 36 valence electrons. The maximum atomic E-state index is 10.1. The second-order valence-corrected chi connectivity index (χ2v) is 1.29. The maximum absolute atomic E-state index is 10.1. The third kappa shape index (κ3) is 156. The monoisotopic (exact) mass is 174 g/mol. The van der Waals surface area contributed by atoms with Crippen molar-refractivity contribution in [1.29, 1.82) is 0 Å². The van der Waals surface area contributed by atoms with Gasteiger partial charge in [0, 0.05) is 0 Å². The Morgan fingerprint density at radius 1 is 1.50 bits per heavy atom. The molecular formula is H2FGeO3P. The number of hydrogen-bond donors (Lipinski definition) is 0. The quantitative estimate of drug-likeness (QED) is 0.310. The Kier molecular flexibility index (Phi) is 4.47. The summed E-state index contributed by atoms with van der Waals surface area (Å²) in [5.41, 5.74) is 0. The first-order valence-corrected chi connectivity index (χ1v) is 2.15. The van der Waals surface area contributed by atoms with Gasteiger partial charge in [0.2, 0.25) is 0 Å². The molecule has 0 radical (unpaired) electrons. The molecule has 0 fully saturated rings. The summed E-state index contributed by atoms with van der Waals surface area (Å²) in [5, 5.41) is 0. The summed E-state index contributed by atoms with van der Waals surface area (Å²) in [6.45, 7) is 0. The molecule has 0 aromatic heterocycles. The molecule has 0 spiro atoms. The molecule has 0 unspecified atom stereocenters. The summed E-state index contributed by atoms with van der Waals surface area (Å²) in [5.74, 6) is 0. The van der Waals surface area contributed by atoms with Crippen LogP contribution in [0.3, 0.4) is 0 Å². The summed E-state index contributed by atoms with van der Waals surface area (Å²) in [7, 11) is -5.64. The average molecular weight is 173 g/mol. The Hall–Kier alpha value is 0.623. The summed E-state index contributed by atoms with van der Waals surface area (Å²) in [6, 6.07) is 0. The Labute approximate surface area is 44.8 Å². The summed E-state index contributed by atoms with van der Waals surface area (Å²) >= 11 is 0. The van der Waals surface area contributed by atoms with Gasteiger partial charge in [-0.1, -0.05) is 0 Å². The topological polar surface area (TPSA) is 63.2 Å². The Morgan fingerprint density at radius 2 is 1.50 bits per heavy atom. The van der Waals surface area contributed by atoms with Gasteiger partial charge in [0.25, 0.3) is 0 Å². The van der Waals surface area contributed by atoms with E-state index in [1.54, 1.807) is 0 Å². The van der Waals surface area contributed by atoms with Crippen LogP contribution >= 0.6 is 7.91 Å². The van der Waals surface area contributed by atoms with Crippen molar-refractivity contribution in [3.05, 3.63) is 0 Å². The SMILES string of the molecule is O=P([O-])([O-])F.[GeH2+2]. The van der Waals surface area contributed by atoms with Crippen LogP contribution in [-0.2, 0) is 4.57 Å². The molecule has 0 aliphatic carbocycles. The molecule has 6 heavy (non-hydrogen) atoms. The molecule has 0 aliphatic heterocycles. The Morgan fingerprint density at radius 3 is 1.50 bits per heavy atom. The zero-order valence-corrected chi connectivity index (χ0v) is 6.62. The van der Waals surface area contributed by atoms with Crippen LogP contribution in [-0.4, -0.2) is 17.6 Å². The molecule has 0 atom stereocenters. The first kappa shape index (κ1) is 9.80. The fourth-order valence-electron chi connectivity index (χ4n) is 0. The van der Waals surface area contributed by atoms with Gasteiger partial charge in [-0.05, 0) is 0 Å². The van der Waals surface area contributed by atoms with Crippen molar-refractivity contribution in [2.24, 2.45) is 0 Å². The van der Waals surface area contributed by atoms with E-state index in [4.69, 9.17) is 14.4 Å². The Bertz CT molecular complexity index is 56.9. The van der Waals surface area contributed by atoms with Crippen molar-refractivity contribution in [2.75, 3.05) is 0 Å². The van der Waals surface area contributed by atoms with Crippen LogP contribution in [0, 0.1) is 0 Å². The van der Waals surface area contributed by atoms with E-state index in [1.807, 2.05) is 0 Å². The first-order chi connectivity index (χ1) is 2.00. The third-order valence-corrected chi connectivity index (χ3v) is 0. The van der Waals surface area contributed by atoms with Crippen LogP contribution in [0.15, 0.2) is 0 Å². The predicted molar refractivity (Wildman–Crippen MR) is 17.3 cm³/mol. The molecule has 0 bridgehead atoms. The fraction of sp³-hybridized carbons (Fsp3) is 0. The van der Waals surface area contributed by atoms with Crippen molar-refractivity contribution >= 4 is 25.5 Å². The van der Waals surface area contributed by atoms with Gasteiger partial charge in [0.1, 0.15) is 7.91 Å². The minimum atomic E-state index is -5.64. The first-order valence-electron chi connectivity index (χ1n) is 0.717. The molecule has 0 rings (SSSR count). The molecule has 0 saturated heterocycles. The second-order valence-electron chi connectivity index (χ2n) is 0.431. The average Bonchev–Trinajstić information content (AvgIpc) is 0.722. The van der Waals surface area contributed by atoms with E-state index in [0.717, 1.165) is 0 Å². The summed E-state index contributed by atoms with van der Waals surface area (Å²) in [6.07, 6.45) is 0. The molecular weight excluding hydrogens is 171 g/mol. The van der Waals surface area contributed by atoms with Crippen LogP contribution in [0.25, 0.3) is 0 Å². The number of hydrogen-bond acceptors (Lipinski definition) is 3. The van der Waals surface area contributed by atoms with Crippen LogP contribution in [0.5, 0.6) is 0 Å². The van der Waals surface area contributed by atoms with E-state index >= 15 is 0 Å². The van der Waals surface area contributed by atoms with Gasteiger partial charge in [-0.2, -0.15) is 0 Å². The van der Waals surface area contributed by atoms with Gasteiger partial charge in [-0.25, -0.2) is 4.20 Å². The molecule has 0 aliphatic rings. The number of rotatable bonds is 0. The second kappa shape index (κ2) is 2.74. The van der Waals surface area contributed by atoms with Gasteiger partial charge in [0.15, 0.2) is 0 Å². The van der Waals surface area contributed by atoms with Crippen LogP contribution in [0.4, 0.5) is 4.20 Å². The summed E-state index contributed by atoms with van der Waals surface area (Å²) in [4.78, 5) is 16.9. The normalized spacial score (nSPS) is 9.83. The van der Waals surface area contributed by atoms with E-state index < -0.39 is 7.91 Å². The summed E-state index contributed by atoms with van der Waals surface area (Å²) < 4.78 is 18.6. The molecule has 0 aromatic carbocycles. The molecule has 3 nitrogen and oxygen atoms in total. The van der Waals surface area contributed by atoms with Crippen molar-refractivity contribution in [3.8, 4) is 0 Å². The zero-order chi connectivity index (χ0) is 4.50. The third-order valence-electron chi connectivity index (χ3n) is 0. The molecule has 0 heterocycles. The van der Waals surface area contributed by atoms with Crippen LogP contribution in [0.1, 0.15) is 0 Å². The minimum absolute atomic E-state index is 0. The fourth-order valence-corrected chi connectivity index (χ4v) is 0. The van der Waals surface area contributed by atoms with Crippen molar-refractivity contribution < 1.29 is 18.5 Å². The van der Waals surface area contributed by atoms with E-state index in [-0.39, 0.29) is 17.6 Å². The standard InChI is InChI=1S/FH2O3P.GeH2/c1-5(2,3)4;/h(H2,2,3,4);1H2/q;+2/p-2. The molecule has 0 N–H and O–H groups in total. The van der Waals surface area contributed by atoms with Gasteiger partial charge >= 0.3 is 17.6 Å². The van der Waals surface area contributed by atoms with E-state index in [9.17, 15) is 4.20 Å². The van der Waals surface area contributed by atoms with Gasteiger partial charge in [-0.15, -0.1) is 0 Å². The molecule has 0 aromatic rings. The molecule has 6 heteroatoms. The van der Waals surface area contributed by atoms with Crippen LogP contribution in [0.2, 0.25) is 0 Å². The van der Waals surface area contributed by atoms with Gasteiger partial charge < -0.3 is 14.4 Å². The predicted octanol–water partition coefficient (Wildman–Crippen LogP) is -2.13. The van der Waals surface area contributed by atoms with Gasteiger partial charge in [0.05, 0.1) is 0 Å².